The SMILES string of the molecule is CCC(C)NC(=O)CN1CCN(c2ccc3nnc(C(F)F)n3n2)CC1. The Bertz CT molecular complexity index is 758. The van der Waals surface area contributed by atoms with Crippen LogP contribution in [0, 0.1) is 0 Å². The number of alkyl halides is 2. The molecule has 3 heterocycles. The van der Waals surface area contributed by atoms with Crippen molar-refractivity contribution in [3.8, 4) is 0 Å². The summed E-state index contributed by atoms with van der Waals surface area (Å²) in [6.45, 7) is 7.13. The Labute approximate surface area is 150 Å². The molecule has 1 aliphatic rings. The quantitative estimate of drug-likeness (QED) is 0.824. The van der Waals surface area contributed by atoms with Gasteiger partial charge in [-0.3, -0.25) is 9.69 Å². The van der Waals surface area contributed by atoms with Gasteiger partial charge < -0.3 is 10.2 Å². The third-order valence-corrected chi connectivity index (χ3v) is 4.55. The van der Waals surface area contributed by atoms with Crippen LogP contribution in [-0.4, -0.2) is 69.4 Å². The first-order chi connectivity index (χ1) is 12.5. The fourth-order valence-corrected chi connectivity index (χ4v) is 2.86. The predicted molar refractivity (Wildman–Crippen MR) is 92.3 cm³/mol. The monoisotopic (exact) mass is 367 g/mol. The topological polar surface area (TPSA) is 78.7 Å². The molecule has 1 saturated heterocycles. The molecule has 142 valence electrons. The van der Waals surface area contributed by atoms with Crippen LogP contribution < -0.4 is 10.2 Å². The van der Waals surface area contributed by atoms with Gasteiger partial charge in [-0.1, -0.05) is 6.92 Å². The second-order valence-electron chi connectivity index (χ2n) is 6.46. The normalized spacial score (nSPS) is 17.0. The average molecular weight is 367 g/mol. The molecule has 0 aliphatic carbocycles. The molecule has 1 unspecified atom stereocenters. The van der Waals surface area contributed by atoms with Crippen LogP contribution in [0.5, 0.6) is 0 Å². The number of nitrogens with zero attached hydrogens (tertiary/aromatic N) is 6. The van der Waals surface area contributed by atoms with Crippen LogP contribution in [0.4, 0.5) is 14.6 Å². The second-order valence-corrected chi connectivity index (χ2v) is 6.46. The minimum atomic E-state index is -2.73. The number of piperazine rings is 1. The Balaban J connectivity index is 1.60. The minimum absolute atomic E-state index is 0.0263. The highest BCUT2D eigenvalue weighted by Gasteiger charge is 2.22. The summed E-state index contributed by atoms with van der Waals surface area (Å²) in [5, 5.41) is 14.4. The first-order valence-electron chi connectivity index (χ1n) is 8.75. The highest BCUT2D eigenvalue weighted by Crippen LogP contribution is 2.19. The molecule has 0 bridgehead atoms. The summed E-state index contributed by atoms with van der Waals surface area (Å²) < 4.78 is 27.0. The van der Waals surface area contributed by atoms with Gasteiger partial charge in [-0.25, -0.2) is 8.78 Å². The Hall–Kier alpha value is -2.36. The first kappa shape index (κ1) is 18.4. The van der Waals surface area contributed by atoms with Gasteiger partial charge in [-0.2, -0.15) is 4.52 Å². The first-order valence-corrected chi connectivity index (χ1v) is 8.75. The standard InChI is InChI=1S/C16H23F2N7O/c1-3-11(2)19-14(26)10-23-6-8-24(9-7-23)13-5-4-12-20-21-16(15(17)18)25(12)22-13/h4-5,11,15H,3,6-10H2,1-2H3,(H,19,26). The number of nitrogens with one attached hydrogen (secondary N) is 1. The van der Waals surface area contributed by atoms with Crippen molar-refractivity contribution in [2.45, 2.75) is 32.7 Å². The lowest BCUT2D eigenvalue weighted by Gasteiger charge is -2.35. The Morgan fingerprint density at radius 2 is 1.96 bits per heavy atom. The lowest BCUT2D eigenvalue weighted by molar-refractivity contribution is -0.122. The summed E-state index contributed by atoms with van der Waals surface area (Å²) in [4.78, 5) is 16.1. The van der Waals surface area contributed by atoms with Crippen molar-refractivity contribution in [2.75, 3.05) is 37.6 Å². The van der Waals surface area contributed by atoms with Gasteiger partial charge >= 0.3 is 0 Å². The lowest BCUT2D eigenvalue weighted by atomic mass is 10.2. The molecule has 3 rings (SSSR count). The molecule has 1 N–H and O–H groups in total. The molecule has 2 aromatic heterocycles. The number of carbonyl (C=O) groups excluding carboxylic acids is 1. The van der Waals surface area contributed by atoms with E-state index in [2.05, 4.69) is 25.5 Å². The van der Waals surface area contributed by atoms with Gasteiger partial charge in [0.2, 0.25) is 11.7 Å². The summed E-state index contributed by atoms with van der Waals surface area (Å²) in [6.07, 6.45) is -1.83. The molecule has 0 aromatic carbocycles. The van der Waals surface area contributed by atoms with Crippen molar-refractivity contribution in [3.63, 3.8) is 0 Å². The highest BCUT2D eigenvalue weighted by molar-refractivity contribution is 5.78. The van der Waals surface area contributed by atoms with Crippen molar-refractivity contribution in [3.05, 3.63) is 18.0 Å². The van der Waals surface area contributed by atoms with E-state index in [4.69, 9.17) is 0 Å². The molecule has 0 spiro atoms. The molecule has 0 saturated carbocycles. The van der Waals surface area contributed by atoms with Crippen LogP contribution in [0.3, 0.4) is 0 Å². The molecule has 8 nitrogen and oxygen atoms in total. The van der Waals surface area contributed by atoms with Crippen LogP contribution in [0.1, 0.15) is 32.5 Å². The Kier molecular flexibility index (Phi) is 5.60. The molecule has 1 fully saturated rings. The summed E-state index contributed by atoms with van der Waals surface area (Å²) in [6, 6.07) is 3.56. The van der Waals surface area contributed by atoms with E-state index in [1.807, 2.05) is 18.7 Å². The summed E-state index contributed by atoms with van der Waals surface area (Å²) >= 11 is 0. The lowest BCUT2D eigenvalue weighted by Crippen LogP contribution is -2.50. The number of rotatable bonds is 6. The molecule has 2 aromatic rings. The number of anilines is 1. The zero-order valence-corrected chi connectivity index (χ0v) is 14.9. The zero-order valence-electron chi connectivity index (χ0n) is 14.9. The zero-order chi connectivity index (χ0) is 18.7. The molecule has 1 atom stereocenters. The molecule has 10 heteroatoms. The molecule has 0 radical (unpaired) electrons. The Morgan fingerprint density at radius 3 is 2.62 bits per heavy atom. The van der Waals surface area contributed by atoms with Crippen LogP contribution in [0.2, 0.25) is 0 Å². The fourth-order valence-electron chi connectivity index (χ4n) is 2.86. The van der Waals surface area contributed by atoms with Crippen LogP contribution in [0.15, 0.2) is 12.1 Å². The van der Waals surface area contributed by atoms with Crippen molar-refractivity contribution in [1.82, 2.24) is 30.0 Å². The average Bonchev–Trinajstić information content (AvgIpc) is 3.05. The molecule has 1 amide bonds. The van der Waals surface area contributed by atoms with E-state index in [1.165, 1.54) is 0 Å². The van der Waals surface area contributed by atoms with Gasteiger partial charge in [0.25, 0.3) is 6.43 Å². The van der Waals surface area contributed by atoms with E-state index < -0.39 is 12.2 Å². The van der Waals surface area contributed by atoms with Crippen LogP contribution in [-0.2, 0) is 4.79 Å². The number of amides is 1. The number of hydrogen-bond donors (Lipinski definition) is 1. The van der Waals surface area contributed by atoms with E-state index in [0.717, 1.165) is 10.9 Å². The van der Waals surface area contributed by atoms with Crippen LogP contribution in [0.25, 0.3) is 5.65 Å². The van der Waals surface area contributed by atoms with Crippen LogP contribution >= 0.6 is 0 Å². The summed E-state index contributed by atoms with van der Waals surface area (Å²) in [5.74, 6) is 0.170. The number of fused-ring (bicyclic) bond motifs is 1. The van der Waals surface area contributed by atoms with E-state index in [9.17, 15) is 13.6 Å². The van der Waals surface area contributed by atoms with Crippen molar-refractivity contribution < 1.29 is 13.6 Å². The largest absolute Gasteiger partial charge is 0.353 e. The number of hydrogen-bond acceptors (Lipinski definition) is 6. The maximum atomic E-state index is 13.0. The third-order valence-electron chi connectivity index (χ3n) is 4.55. The molecular formula is C16H23F2N7O. The minimum Gasteiger partial charge on any atom is -0.353 e. The van der Waals surface area contributed by atoms with E-state index in [-0.39, 0.29) is 11.9 Å². The van der Waals surface area contributed by atoms with Crippen molar-refractivity contribution in [2.24, 2.45) is 0 Å². The maximum Gasteiger partial charge on any atom is 0.299 e. The van der Waals surface area contributed by atoms with Gasteiger partial charge in [0, 0.05) is 32.2 Å². The number of carbonyl (C=O) groups is 1. The van der Waals surface area contributed by atoms with Crippen molar-refractivity contribution >= 4 is 17.4 Å². The highest BCUT2D eigenvalue weighted by atomic mass is 19.3. The second kappa shape index (κ2) is 7.90. The maximum absolute atomic E-state index is 13.0. The van der Waals surface area contributed by atoms with Gasteiger partial charge in [0.05, 0.1) is 6.54 Å². The number of aromatic nitrogens is 4. The Morgan fingerprint density at radius 1 is 1.23 bits per heavy atom. The summed E-state index contributed by atoms with van der Waals surface area (Å²) in [5.41, 5.74) is 0.296. The van der Waals surface area contributed by atoms with E-state index in [1.54, 1.807) is 12.1 Å². The van der Waals surface area contributed by atoms with E-state index >= 15 is 0 Å². The fraction of sp³-hybridized carbons (Fsp3) is 0.625. The van der Waals surface area contributed by atoms with Gasteiger partial charge in [0.1, 0.15) is 5.82 Å². The summed E-state index contributed by atoms with van der Waals surface area (Å²) in [7, 11) is 0. The van der Waals surface area contributed by atoms with Crippen molar-refractivity contribution in [1.29, 1.82) is 0 Å². The molecular weight excluding hydrogens is 344 g/mol. The third kappa shape index (κ3) is 4.06. The van der Waals surface area contributed by atoms with Gasteiger partial charge in [-0.05, 0) is 25.5 Å². The molecule has 1 aliphatic heterocycles. The van der Waals surface area contributed by atoms with Gasteiger partial charge in [-0.15, -0.1) is 15.3 Å². The van der Waals surface area contributed by atoms with Gasteiger partial charge in [0.15, 0.2) is 5.65 Å². The predicted octanol–water partition coefficient (Wildman–Crippen LogP) is 1.10. The smallest absolute Gasteiger partial charge is 0.299 e. The molecule has 26 heavy (non-hydrogen) atoms. The van der Waals surface area contributed by atoms with E-state index in [0.29, 0.717) is 44.2 Å². The number of halogens is 2.